The van der Waals surface area contributed by atoms with Gasteiger partial charge in [0.25, 0.3) is 0 Å². The number of carbonyl (C=O) groups is 1. The molecule has 14 heavy (non-hydrogen) atoms. The molecule has 1 aromatic carbocycles. The summed E-state index contributed by atoms with van der Waals surface area (Å²) in [6.07, 6.45) is 0. The molecule has 0 radical (unpaired) electrons. The van der Waals surface area contributed by atoms with E-state index in [0.29, 0.717) is 11.0 Å². The number of carboxylic acid groups (broad SMARTS) is 1. The molecule has 0 bridgehead atoms. The van der Waals surface area contributed by atoms with Crippen LogP contribution < -0.4 is 0 Å². The molecule has 1 unspecified atom stereocenters. The molecule has 2 aromatic rings. The van der Waals surface area contributed by atoms with E-state index in [1.54, 1.807) is 24.3 Å². The number of para-hydroxylation sites is 1. The lowest BCUT2D eigenvalue weighted by Crippen LogP contribution is -2.05. The van der Waals surface area contributed by atoms with Gasteiger partial charge in [-0.1, -0.05) is 17.3 Å². The van der Waals surface area contributed by atoms with Crippen molar-refractivity contribution in [3.63, 3.8) is 0 Å². The van der Waals surface area contributed by atoms with Crippen LogP contribution in [0, 0.1) is 0 Å². The van der Waals surface area contributed by atoms with Gasteiger partial charge in [-0.2, -0.15) is 0 Å². The van der Waals surface area contributed by atoms with E-state index in [2.05, 4.69) is 5.16 Å². The van der Waals surface area contributed by atoms with Gasteiger partial charge in [0, 0.05) is 5.39 Å². The second kappa shape index (κ2) is 3.31. The topological polar surface area (TPSA) is 63.3 Å². The monoisotopic (exact) mass is 211 g/mol. The molecule has 0 fully saturated rings. The molecule has 1 aromatic heterocycles. The SMILES string of the molecule is O=C(O)C(Cl)c1noc2ccccc12. The third kappa shape index (κ3) is 1.33. The van der Waals surface area contributed by atoms with Gasteiger partial charge in [0.2, 0.25) is 0 Å². The lowest BCUT2D eigenvalue weighted by atomic mass is 10.2. The Balaban J connectivity index is 2.58. The maximum Gasteiger partial charge on any atom is 0.327 e. The highest BCUT2D eigenvalue weighted by Gasteiger charge is 2.22. The van der Waals surface area contributed by atoms with Crippen LogP contribution in [0.2, 0.25) is 0 Å². The first kappa shape index (κ1) is 9.02. The van der Waals surface area contributed by atoms with E-state index < -0.39 is 11.3 Å². The zero-order valence-electron chi connectivity index (χ0n) is 6.98. The average Bonchev–Trinajstić information content (AvgIpc) is 2.60. The fraction of sp³-hybridized carbons (Fsp3) is 0.111. The molecule has 0 amide bonds. The molecule has 0 aliphatic rings. The summed E-state index contributed by atoms with van der Waals surface area (Å²) in [4.78, 5) is 10.6. The predicted octanol–water partition coefficient (Wildman–Crippen LogP) is 2.19. The molecule has 0 aliphatic carbocycles. The summed E-state index contributed by atoms with van der Waals surface area (Å²) in [6, 6.07) is 6.98. The van der Waals surface area contributed by atoms with Crippen molar-refractivity contribution in [2.24, 2.45) is 0 Å². The third-order valence-corrected chi connectivity index (χ3v) is 2.26. The molecule has 1 N–H and O–H groups in total. The fourth-order valence-corrected chi connectivity index (χ4v) is 1.36. The number of hydrogen-bond acceptors (Lipinski definition) is 3. The Labute approximate surface area is 84.1 Å². The van der Waals surface area contributed by atoms with Gasteiger partial charge in [0.05, 0.1) is 0 Å². The van der Waals surface area contributed by atoms with Gasteiger partial charge < -0.3 is 9.63 Å². The van der Waals surface area contributed by atoms with Crippen LogP contribution in [0.3, 0.4) is 0 Å². The van der Waals surface area contributed by atoms with Crippen LogP contribution in [0.25, 0.3) is 11.0 Å². The summed E-state index contributed by atoms with van der Waals surface area (Å²) < 4.78 is 4.92. The third-order valence-electron chi connectivity index (χ3n) is 1.86. The van der Waals surface area contributed by atoms with Gasteiger partial charge in [-0.3, -0.25) is 4.79 Å². The predicted molar refractivity (Wildman–Crippen MR) is 50.2 cm³/mol. The second-order valence-corrected chi connectivity index (χ2v) is 3.20. The number of aliphatic carboxylic acids is 1. The van der Waals surface area contributed by atoms with E-state index in [0.717, 1.165) is 0 Å². The summed E-state index contributed by atoms with van der Waals surface area (Å²) in [5.74, 6) is -1.13. The number of halogens is 1. The van der Waals surface area contributed by atoms with Crippen molar-refractivity contribution in [3.8, 4) is 0 Å². The second-order valence-electron chi connectivity index (χ2n) is 2.76. The van der Waals surface area contributed by atoms with E-state index in [-0.39, 0.29) is 5.69 Å². The minimum absolute atomic E-state index is 0.245. The van der Waals surface area contributed by atoms with E-state index in [4.69, 9.17) is 21.2 Å². The minimum atomic E-state index is -1.17. The van der Waals surface area contributed by atoms with Gasteiger partial charge in [-0.05, 0) is 12.1 Å². The van der Waals surface area contributed by atoms with Gasteiger partial charge in [0.1, 0.15) is 5.69 Å². The maximum atomic E-state index is 10.6. The molecule has 1 heterocycles. The van der Waals surface area contributed by atoms with Crippen molar-refractivity contribution in [1.29, 1.82) is 0 Å². The van der Waals surface area contributed by atoms with Crippen molar-refractivity contribution in [2.75, 3.05) is 0 Å². The molecule has 2 rings (SSSR count). The van der Waals surface area contributed by atoms with Crippen LogP contribution in [0.15, 0.2) is 28.8 Å². The van der Waals surface area contributed by atoms with Crippen LogP contribution in [0.4, 0.5) is 0 Å². The highest BCUT2D eigenvalue weighted by atomic mass is 35.5. The smallest absolute Gasteiger partial charge is 0.327 e. The fourth-order valence-electron chi connectivity index (χ4n) is 1.21. The van der Waals surface area contributed by atoms with Gasteiger partial charge in [-0.15, -0.1) is 11.6 Å². The molecule has 1 atom stereocenters. The summed E-state index contributed by atoms with van der Waals surface area (Å²) in [5, 5.41) is 11.8. The van der Waals surface area contributed by atoms with Gasteiger partial charge in [0.15, 0.2) is 11.0 Å². The van der Waals surface area contributed by atoms with Gasteiger partial charge >= 0.3 is 5.97 Å². The summed E-state index contributed by atoms with van der Waals surface area (Å²) >= 11 is 5.64. The number of aromatic nitrogens is 1. The molecule has 0 aliphatic heterocycles. The zero-order chi connectivity index (χ0) is 10.1. The van der Waals surface area contributed by atoms with Crippen molar-refractivity contribution < 1.29 is 14.4 Å². The van der Waals surface area contributed by atoms with E-state index >= 15 is 0 Å². The van der Waals surface area contributed by atoms with Crippen LogP contribution in [-0.4, -0.2) is 16.2 Å². The summed E-state index contributed by atoms with van der Waals surface area (Å²) in [7, 11) is 0. The average molecular weight is 212 g/mol. The van der Waals surface area contributed by atoms with Crippen molar-refractivity contribution in [1.82, 2.24) is 5.16 Å². The van der Waals surface area contributed by atoms with E-state index in [1.807, 2.05) is 0 Å². The normalized spacial score (nSPS) is 12.9. The number of alkyl halides is 1. The van der Waals surface area contributed by atoms with Crippen LogP contribution >= 0.6 is 11.6 Å². The lowest BCUT2D eigenvalue weighted by molar-refractivity contribution is -0.136. The van der Waals surface area contributed by atoms with E-state index in [9.17, 15) is 4.79 Å². The van der Waals surface area contributed by atoms with Crippen LogP contribution in [-0.2, 0) is 4.79 Å². The first-order valence-corrected chi connectivity index (χ1v) is 4.35. The molecule has 4 nitrogen and oxygen atoms in total. The summed E-state index contributed by atoms with van der Waals surface area (Å²) in [5.41, 5.74) is 0.782. The Morgan fingerprint density at radius 2 is 2.21 bits per heavy atom. The zero-order valence-corrected chi connectivity index (χ0v) is 7.73. The highest BCUT2D eigenvalue weighted by Crippen LogP contribution is 2.27. The van der Waals surface area contributed by atoms with Crippen LogP contribution in [0.1, 0.15) is 11.1 Å². The molecular formula is C9H6ClNO3. The Hall–Kier alpha value is -1.55. The number of nitrogens with zero attached hydrogens (tertiary/aromatic N) is 1. The van der Waals surface area contributed by atoms with Crippen molar-refractivity contribution in [2.45, 2.75) is 5.38 Å². The molecule has 72 valence electrons. The molecule has 0 spiro atoms. The van der Waals surface area contributed by atoms with Crippen molar-refractivity contribution >= 4 is 28.5 Å². The Morgan fingerprint density at radius 3 is 2.93 bits per heavy atom. The first-order valence-electron chi connectivity index (χ1n) is 3.91. The number of benzene rings is 1. The Kier molecular flexibility index (Phi) is 2.13. The maximum absolute atomic E-state index is 10.6. The van der Waals surface area contributed by atoms with Crippen LogP contribution in [0.5, 0.6) is 0 Å². The highest BCUT2D eigenvalue weighted by molar-refractivity contribution is 6.30. The molecule has 0 saturated carbocycles. The van der Waals surface area contributed by atoms with Gasteiger partial charge in [-0.25, -0.2) is 0 Å². The minimum Gasteiger partial charge on any atom is -0.480 e. The standard InChI is InChI=1S/C9H6ClNO3/c10-7(9(12)13)8-5-3-1-2-4-6(5)14-11-8/h1-4,7H,(H,12,13). The Bertz CT molecular complexity index is 480. The Morgan fingerprint density at radius 1 is 1.50 bits per heavy atom. The number of carboxylic acids is 1. The lowest BCUT2D eigenvalue weighted by Gasteiger charge is -1.97. The molecule has 0 saturated heterocycles. The summed E-state index contributed by atoms with van der Waals surface area (Å²) in [6.45, 7) is 0. The van der Waals surface area contributed by atoms with E-state index in [1.165, 1.54) is 0 Å². The number of hydrogen-bond donors (Lipinski definition) is 1. The quantitative estimate of drug-likeness (QED) is 0.774. The molecular weight excluding hydrogens is 206 g/mol. The van der Waals surface area contributed by atoms with Crippen molar-refractivity contribution in [3.05, 3.63) is 30.0 Å². The largest absolute Gasteiger partial charge is 0.480 e. The first-order chi connectivity index (χ1) is 6.70. The number of rotatable bonds is 2. The molecule has 5 heteroatoms. The number of fused-ring (bicyclic) bond motifs is 1.